The maximum absolute atomic E-state index is 13.8. The lowest BCUT2D eigenvalue weighted by molar-refractivity contribution is -0.388. The van der Waals surface area contributed by atoms with Crippen molar-refractivity contribution in [1.82, 2.24) is 5.32 Å². The van der Waals surface area contributed by atoms with Crippen LogP contribution in [0.25, 0.3) is 0 Å². The fourth-order valence-electron chi connectivity index (χ4n) is 2.74. The summed E-state index contributed by atoms with van der Waals surface area (Å²) in [5.74, 6) is -2.25. The lowest BCUT2D eigenvalue weighted by atomic mass is 9.82. The molecule has 118 valence electrons. The quantitative estimate of drug-likeness (QED) is 0.611. The molecule has 0 radical (unpaired) electrons. The van der Waals surface area contributed by atoms with Crippen LogP contribution in [0.2, 0.25) is 0 Å². The molecule has 1 aromatic carbocycles. The van der Waals surface area contributed by atoms with Crippen molar-refractivity contribution < 1.29 is 13.7 Å². The van der Waals surface area contributed by atoms with Crippen molar-refractivity contribution in [3.05, 3.63) is 39.4 Å². The summed E-state index contributed by atoms with van der Waals surface area (Å²) in [5.41, 5.74) is -0.510. The van der Waals surface area contributed by atoms with Crippen LogP contribution in [-0.4, -0.2) is 17.5 Å². The second-order valence-electron chi connectivity index (χ2n) is 5.60. The van der Waals surface area contributed by atoms with Crippen LogP contribution < -0.4 is 5.32 Å². The molecule has 0 spiro atoms. The number of rotatable bonds is 7. The summed E-state index contributed by atoms with van der Waals surface area (Å²) in [6, 6.07) is 1.52. The predicted molar refractivity (Wildman–Crippen MR) is 78.3 cm³/mol. The van der Waals surface area contributed by atoms with Crippen LogP contribution in [0.5, 0.6) is 0 Å². The number of nitro benzene ring substituents is 1. The Bertz CT molecular complexity index is 507. The summed E-state index contributed by atoms with van der Waals surface area (Å²) in [4.78, 5) is 10.4. The average Bonchev–Trinajstić information content (AvgIpc) is 2.34. The minimum atomic E-state index is -1.12. The van der Waals surface area contributed by atoms with Gasteiger partial charge in [-0.2, -0.15) is 4.39 Å². The van der Waals surface area contributed by atoms with E-state index in [2.05, 4.69) is 5.32 Å². The van der Waals surface area contributed by atoms with Crippen LogP contribution in [0.3, 0.4) is 0 Å². The topological polar surface area (TPSA) is 55.2 Å². The van der Waals surface area contributed by atoms with Gasteiger partial charge in [-0.1, -0.05) is 20.8 Å². The molecule has 0 fully saturated rings. The molecule has 2 unspecified atom stereocenters. The third-order valence-corrected chi connectivity index (χ3v) is 3.57. The number of hydrogen-bond donors (Lipinski definition) is 1. The van der Waals surface area contributed by atoms with Gasteiger partial charge in [-0.3, -0.25) is 10.1 Å². The number of nitro groups is 1. The highest BCUT2D eigenvalue weighted by molar-refractivity contribution is 5.45. The lowest BCUT2D eigenvalue weighted by Crippen LogP contribution is -2.35. The summed E-state index contributed by atoms with van der Waals surface area (Å²) in [7, 11) is 0. The van der Waals surface area contributed by atoms with Crippen LogP contribution in [0.4, 0.5) is 14.5 Å². The summed E-state index contributed by atoms with van der Waals surface area (Å²) >= 11 is 0. The average molecular weight is 300 g/mol. The Morgan fingerprint density at radius 3 is 2.38 bits per heavy atom. The van der Waals surface area contributed by atoms with E-state index in [1.165, 1.54) is 0 Å². The molecular formula is C15H22F2N2O2. The van der Waals surface area contributed by atoms with E-state index in [1.807, 2.05) is 27.7 Å². The molecule has 1 rings (SSSR count). The number of halogens is 2. The zero-order valence-electron chi connectivity index (χ0n) is 12.8. The standard InChI is InChI=1S/C15H22F2N2O2/c1-5-6-18-10(4)14(9(2)3)12-7-11(16)8-13(17)15(12)19(20)21/h7-10,14,18H,5-6H2,1-4H3. The zero-order valence-corrected chi connectivity index (χ0v) is 12.8. The largest absolute Gasteiger partial charge is 0.314 e. The number of nitrogens with one attached hydrogen (secondary N) is 1. The highest BCUT2D eigenvalue weighted by Crippen LogP contribution is 2.36. The Labute approximate surface area is 123 Å². The van der Waals surface area contributed by atoms with Crippen LogP contribution >= 0.6 is 0 Å². The van der Waals surface area contributed by atoms with E-state index in [-0.39, 0.29) is 23.4 Å². The molecule has 0 aliphatic heterocycles. The molecule has 0 aromatic heterocycles. The molecule has 0 saturated heterocycles. The Morgan fingerprint density at radius 2 is 1.90 bits per heavy atom. The van der Waals surface area contributed by atoms with E-state index in [9.17, 15) is 18.9 Å². The highest BCUT2D eigenvalue weighted by Gasteiger charge is 2.32. The van der Waals surface area contributed by atoms with E-state index in [0.29, 0.717) is 6.07 Å². The first kappa shape index (κ1) is 17.5. The Kier molecular flexibility index (Phi) is 6.20. The molecule has 6 heteroatoms. The number of hydrogen-bond acceptors (Lipinski definition) is 3. The summed E-state index contributed by atoms with van der Waals surface area (Å²) in [6.45, 7) is 8.42. The van der Waals surface area contributed by atoms with E-state index in [1.54, 1.807) is 0 Å². The van der Waals surface area contributed by atoms with Crippen LogP contribution in [-0.2, 0) is 0 Å². The van der Waals surface area contributed by atoms with Gasteiger partial charge >= 0.3 is 5.69 Å². The summed E-state index contributed by atoms with van der Waals surface area (Å²) in [6.07, 6.45) is 0.911. The first-order valence-electron chi connectivity index (χ1n) is 7.16. The van der Waals surface area contributed by atoms with E-state index in [0.717, 1.165) is 19.0 Å². The molecule has 0 bridgehead atoms. The van der Waals surface area contributed by atoms with Crippen LogP contribution in [0.1, 0.15) is 45.6 Å². The van der Waals surface area contributed by atoms with Crippen molar-refractivity contribution in [2.75, 3.05) is 6.54 Å². The van der Waals surface area contributed by atoms with Gasteiger partial charge < -0.3 is 5.32 Å². The number of benzene rings is 1. The SMILES string of the molecule is CCCNC(C)C(c1cc(F)cc(F)c1[N+](=O)[O-])C(C)C. The van der Waals surface area contributed by atoms with Crippen molar-refractivity contribution in [2.24, 2.45) is 5.92 Å². The minimum absolute atomic E-state index is 0.00394. The fourth-order valence-corrected chi connectivity index (χ4v) is 2.74. The molecule has 0 saturated carbocycles. The van der Waals surface area contributed by atoms with Gasteiger partial charge in [-0.25, -0.2) is 4.39 Å². The monoisotopic (exact) mass is 300 g/mol. The Morgan fingerprint density at radius 1 is 1.29 bits per heavy atom. The van der Waals surface area contributed by atoms with Crippen LogP contribution in [0, 0.1) is 27.7 Å². The second-order valence-corrected chi connectivity index (χ2v) is 5.60. The van der Waals surface area contributed by atoms with E-state index < -0.39 is 22.2 Å². The molecule has 0 aliphatic rings. The smallest absolute Gasteiger partial charge is 0.308 e. The third-order valence-electron chi connectivity index (χ3n) is 3.57. The molecular weight excluding hydrogens is 278 g/mol. The van der Waals surface area contributed by atoms with Crippen molar-refractivity contribution in [1.29, 1.82) is 0 Å². The Hall–Kier alpha value is -1.56. The predicted octanol–water partition coefficient (Wildman–Crippen LogP) is 4.00. The Balaban J connectivity index is 3.34. The van der Waals surface area contributed by atoms with Gasteiger partial charge in [0.05, 0.1) is 4.92 Å². The minimum Gasteiger partial charge on any atom is -0.314 e. The first-order chi connectivity index (χ1) is 9.79. The molecule has 4 nitrogen and oxygen atoms in total. The fraction of sp³-hybridized carbons (Fsp3) is 0.600. The van der Waals surface area contributed by atoms with Gasteiger partial charge in [0.1, 0.15) is 5.82 Å². The van der Waals surface area contributed by atoms with Gasteiger partial charge in [-0.15, -0.1) is 0 Å². The summed E-state index contributed by atoms with van der Waals surface area (Å²) in [5, 5.41) is 14.4. The number of nitrogens with zero attached hydrogens (tertiary/aromatic N) is 1. The maximum Gasteiger partial charge on any atom is 0.308 e. The van der Waals surface area contributed by atoms with E-state index in [4.69, 9.17) is 0 Å². The van der Waals surface area contributed by atoms with Crippen molar-refractivity contribution in [3.63, 3.8) is 0 Å². The molecule has 0 amide bonds. The molecule has 0 aliphatic carbocycles. The van der Waals surface area contributed by atoms with E-state index >= 15 is 0 Å². The van der Waals surface area contributed by atoms with Gasteiger partial charge in [0.25, 0.3) is 0 Å². The van der Waals surface area contributed by atoms with Gasteiger partial charge in [0.15, 0.2) is 0 Å². The van der Waals surface area contributed by atoms with Gasteiger partial charge in [0, 0.05) is 23.6 Å². The summed E-state index contributed by atoms with van der Waals surface area (Å²) < 4.78 is 27.3. The zero-order chi connectivity index (χ0) is 16.2. The van der Waals surface area contributed by atoms with Crippen molar-refractivity contribution >= 4 is 5.69 Å². The highest BCUT2D eigenvalue weighted by atomic mass is 19.1. The van der Waals surface area contributed by atoms with Crippen LogP contribution in [0.15, 0.2) is 12.1 Å². The maximum atomic E-state index is 13.8. The molecule has 21 heavy (non-hydrogen) atoms. The molecule has 0 heterocycles. The lowest BCUT2D eigenvalue weighted by Gasteiger charge is -2.28. The first-order valence-corrected chi connectivity index (χ1v) is 7.16. The van der Waals surface area contributed by atoms with Crippen molar-refractivity contribution in [3.8, 4) is 0 Å². The van der Waals surface area contributed by atoms with Gasteiger partial charge in [-0.05, 0) is 31.9 Å². The molecule has 1 aromatic rings. The normalized spacial score (nSPS) is 14.2. The van der Waals surface area contributed by atoms with Crippen molar-refractivity contribution in [2.45, 2.75) is 46.1 Å². The second kappa shape index (κ2) is 7.45. The third kappa shape index (κ3) is 4.20. The molecule has 1 N–H and O–H groups in total. The van der Waals surface area contributed by atoms with Gasteiger partial charge in [0.2, 0.25) is 5.82 Å². The molecule has 2 atom stereocenters.